The van der Waals surface area contributed by atoms with Gasteiger partial charge in [0, 0.05) is 17.3 Å². The average molecular weight is 385 g/mol. The number of nitro groups is 1. The molecular formula is C17H15N5O4S. The van der Waals surface area contributed by atoms with E-state index in [0.29, 0.717) is 27.8 Å². The first kappa shape index (κ1) is 18.4. The van der Waals surface area contributed by atoms with Crippen molar-refractivity contribution in [2.24, 2.45) is 0 Å². The van der Waals surface area contributed by atoms with E-state index >= 15 is 0 Å². The standard InChI is InChI=1S/C17H15N5O4S/c1-10-6-7-11(8-13(10)22(25)26)18-15(24)9-27-17-19-16(20-21-17)12-4-2-3-5-14(12)23/h2-8,23H,9H2,1H3,(H,18,24)(H,19,20,21). The zero-order valence-electron chi connectivity index (χ0n) is 14.2. The van der Waals surface area contributed by atoms with E-state index in [4.69, 9.17) is 0 Å². The first-order valence-corrected chi connectivity index (χ1v) is 8.81. The molecule has 0 aliphatic heterocycles. The highest BCUT2D eigenvalue weighted by Gasteiger charge is 2.14. The highest BCUT2D eigenvalue weighted by atomic mass is 32.2. The van der Waals surface area contributed by atoms with E-state index < -0.39 is 4.92 Å². The highest BCUT2D eigenvalue weighted by molar-refractivity contribution is 7.99. The molecule has 9 nitrogen and oxygen atoms in total. The number of carbonyl (C=O) groups excluding carboxylic acids is 1. The van der Waals surface area contributed by atoms with Gasteiger partial charge in [-0.3, -0.25) is 20.0 Å². The van der Waals surface area contributed by atoms with Gasteiger partial charge >= 0.3 is 0 Å². The maximum Gasteiger partial charge on any atom is 0.274 e. The molecule has 0 fully saturated rings. The number of amides is 1. The number of phenolic OH excluding ortho intramolecular Hbond substituents is 1. The van der Waals surface area contributed by atoms with Crippen LogP contribution in [0.2, 0.25) is 0 Å². The Morgan fingerprint density at radius 1 is 1.33 bits per heavy atom. The van der Waals surface area contributed by atoms with Crippen molar-refractivity contribution < 1.29 is 14.8 Å². The Hall–Kier alpha value is -3.40. The van der Waals surface area contributed by atoms with Gasteiger partial charge in [-0.25, -0.2) is 4.98 Å². The van der Waals surface area contributed by atoms with Crippen LogP contribution in [0.25, 0.3) is 11.4 Å². The third kappa shape index (κ3) is 4.42. The fourth-order valence-corrected chi connectivity index (χ4v) is 2.91. The number of benzene rings is 2. The van der Waals surface area contributed by atoms with Gasteiger partial charge in [0.05, 0.1) is 16.2 Å². The Balaban J connectivity index is 1.61. The number of phenols is 1. The van der Waals surface area contributed by atoms with Gasteiger partial charge in [0.2, 0.25) is 11.1 Å². The second-order valence-corrected chi connectivity index (χ2v) is 6.52. The number of carbonyl (C=O) groups is 1. The number of aryl methyl sites for hydroxylation is 1. The Bertz CT molecular complexity index is 1000. The molecule has 1 heterocycles. The van der Waals surface area contributed by atoms with E-state index in [1.165, 1.54) is 6.07 Å². The lowest BCUT2D eigenvalue weighted by Gasteiger charge is -2.05. The predicted molar refractivity (Wildman–Crippen MR) is 101 cm³/mol. The molecule has 10 heteroatoms. The normalized spacial score (nSPS) is 10.6. The fraction of sp³-hybridized carbons (Fsp3) is 0.118. The van der Waals surface area contributed by atoms with Crippen LogP contribution in [0.15, 0.2) is 47.6 Å². The molecule has 1 amide bonds. The monoisotopic (exact) mass is 385 g/mol. The van der Waals surface area contributed by atoms with Gasteiger partial charge in [-0.05, 0) is 25.1 Å². The van der Waals surface area contributed by atoms with Crippen LogP contribution in [0.5, 0.6) is 5.75 Å². The molecule has 3 N–H and O–H groups in total. The molecule has 1 aromatic heterocycles. The number of anilines is 1. The van der Waals surface area contributed by atoms with Crippen LogP contribution in [-0.4, -0.2) is 36.9 Å². The number of para-hydroxylation sites is 1. The minimum absolute atomic E-state index is 0.0275. The van der Waals surface area contributed by atoms with Crippen molar-refractivity contribution in [2.45, 2.75) is 12.1 Å². The van der Waals surface area contributed by atoms with Gasteiger partial charge in [-0.1, -0.05) is 30.0 Å². The van der Waals surface area contributed by atoms with Crippen LogP contribution in [0.4, 0.5) is 11.4 Å². The summed E-state index contributed by atoms with van der Waals surface area (Å²) in [5.74, 6) is 0.154. The van der Waals surface area contributed by atoms with Crippen LogP contribution in [0, 0.1) is 17.0 Å². The first-order valence-electron chi connectivity index (χ1n) is 7.82. The van der Waals surface area contributed by atoms with Crippen LogP contribution < -0.4 is 5.32 Å². The van der Waals surface area contributed by atoms with Crippen LogP contribution >= 0.6 is 11.8 Å². The summed E-state index contributed by atoms with van der Waals surface area (Å²) in [6.45, 7) is 1.63. The fourth-order valence-electron chi connectivity index (χ4n) is 2.32. The number of nitrogens with one attached hydrogen (secondary N) is 2. The zero-order valence-corrected chi connectivity index (χ0v) is 15.0. The summed E-state index contributed by atoms with van der Waals surface area (Å²) in [5, 5.41) is 30.5. The first-order chi connectivity index (χ1) is 12.9. The topological polar surface area (TPSA) is 134 Å². The Kier molecular flexibility index (Phi) is 5.36. The van der Waals surface area contributed by atoms with E-state index in [9.17, 15) is 20.0 Å². The number of aromatic amines is 1. The molecule has 3 aromatic rings. The SMILES string of the molecule is Cc1ccc(NC(=O)CSc2n[nH]c(-c3ccccc3O)n2)cc1[N+](=O)[O-]. The van der Waals surface area contributed by atoms with Crippen molar-refractivity contribution in [1.29, 1.82) is 0 Å². The number of rotatable bonds is 6. The predicted octanol–water partition coefficient (Wildman–Crippen LogP) is 3.12. The van der Waals surface area contributed by atoms with Gasteiger partial charge in [-0.2, -0.15) is 0 Å². The van der Waals surface area contributed by atoms with Crippen molar-refractivity contribution in [3.63, 3.8) is 0 Å². The Morgan fingerprint density at radius 3 is 2.85 bits per heavy atom. The van der Waals surface area contributed by atoms with E-state index in [-0.39, 0.29) is 23.1 Å². The quantitative estimate of drug-likeness (QED) is 0.337. The summed E-state index contributed by atoms with van der Waals surface area (Å²) in [6.07, 6.45) is 0. The molecule has 0 unspecified atom stereocenters. The summed E-state index contributed by atoms with van der Waals surface area (Å²) >= 11 is 1.10. The number of thioether (sulfide) groups is 1. The average Bonchev–Trinajstić information content (AvgIpc) is 3.10. The van der Waals surface area contributed by atoms with Gasteiger partial charge in [0.1, 0.15) is 5.75 Å². The number of hydrogen-bond acceptors (Lipinski definition) is 7. The molecule has 27 heavy (non-hydrogen) atoms. The molecule has 138 valence electrons. The third-order valence-electron chi connectivity index (χ3n) is 3.65. The Labute approximate surface area is 158 Å². The summed E-state index contributed by atoms with van der Waals surface area (Å²) in [5.41, 5.74) is 1.32. The molecule has 0 aliphatic carbocycles. The molecule has 0 aliphatic rings. The van der Waals surface area contributed by atoms with Crippen LogP contribution in [0.1, 0.15) is 5.56 Å². The van der Waals surface area contributed by atoms with Crippen molar-refractivity contribution >= 4 is 29.0 Å². The molecule has 0 spiro atoms. The molecule has 0 saturated heterocycles. The lowest BCUT2D eigenvalue weighted by atomic mass is 10.2. The third-order valence-corrected chi connectivity index (χ3v) is 4.49. The summed E-state index contributed by atoms with van der Waals surface area (Å²) in [4.78, 5) is 26.8. The largest absolute Gasteiger partial charge is 0.507 e. The Morgan fingerprint density at radius 2 is 2.11 bits per heavy atom. The van der Waals surface area contributed by atoms with E-state index in [1.54, 1.807) is 43.3 Å². The summed E-state index contributed by atoms with van der Waals surface area (Å²) < 4.78 is 0. The molecule has 0 radical (unpaired) electrons. The van der Waals surface area contributed by atoms with Gasteiger partial charge < -0.3 is 10.4 Å². The van der Waals surface area contributed by atoms with Crippen molar-refractivity contribution in [2.75, 3.05) is 11.1 Å². The van der Waals surface area contributed by atoms with Gasteiger partial charge in [-0.15, -0.1) is 5.10 Å². The van der Waals surface area contributed by atoms with E-state index in [0.717, 1.165) is 11.8 Å². The summed E-state index contributed by atoms with van der Waals surface area (Å²) in [6, 6.07) is 11.2. The molecule has 0 atom stereocenters. The number of hydrogen-bond donors (Lipinski definition) is 3. The maximum atomic E-state index is 12.1. The zero-order chi connectivity index (χ0) is 19.4. The van der Waals surface area contributed by atoms with Crippen molar-refractivity contribution in [3.8, 4) is 17.1 Å². The second-order valence-electron chi connectivity index (χ2n) is 5.58. The second kappa shape index (κ2) is 7.87. The van der Waals surface area contributed by atoms with Crippen molar-refractivity contribution in [1.82, 2.24) is 15.2 Å². The maximum absolute atomic E-state index is 12.1. The molecular weight excluding hydrogens is 370 g/mol. The number of nitrogens with zero attached hydrogens (tertiary/aromatic N) is 3. The van der Waals surface area contributed by atoms with Gasteiger partial charge in [0.25, 0.3) is 5.69 Å². The highest BCUT2D eigenvalue weighted by Crippen LogP contribution is 2.27. The summed E-state index contributed by atoms with van der Waals surface area (Å²) in [7, 11) is 0. The number of H-pyrrole nitrogens is 1. The minimum atomic E-state index is -0.492. The lowest BCUT2D eigenvalue weighted by Crippen LogP contribution is -2.14. The minimum Gasteiger partial charge on any atom is -0.507 e. The van der Waals surface area contributed by atoms with E-state index in [1.807, 2.05) is 0 Å². The van der Waals surface area contributed by atoms with E-state index in [2.05, 4.69) is 20.5 Å². The van der Waals surface area contributed by atoms with Crippen LogP contribution in [0.3, 0.4) is 0 Å². The molecule has 3 rings (SSSR count). The molecule has 0 bridgehead atoms. The number of nitro benzene ring substituents is 1. The molecule has 0 saturated carbocycles. The smallest absolute Gasteiger partial charge is 0.274 e. The number of aromatic hydroxyl groups is 1. The lowest BCUT2D eigenvalue weighted by molar-refractivity contribution is -0.385. The van der Waals surface area contributed by atoms with Gasteiger partial charge in [0.15, 0.2) is 5.82 Å². The number of aromatic nitrogens is 3. The molecule has 2 aromatic carbocycles. The van der Waals surface area contributed by atoms with Crippen molar-refractivity contribution in [3.05, 3.63) is 58.1 Å². The van der Waals surface area contributed by atoms with Crippen LogP contribution in [-0.2, 0) is 4.79 Å².